The highest BCUT2D eigenvalue weighted by Crippen LogP contribution is 2.10. The fourth-order valence-corrected chi connectivity index (χ4v) is 2.75. The van der Waals surface area contributed by atoms with E-state index in [1.165, 1.54) is 11.8 Å². The van der Waals surface area contributed by atoms with Crippen LogP contribution in [0.15, 0.2) is 24.3 Å². The number of nitrogens with one attached hydrogen (secondary N) is 2. The van der Waals surface area contributed by atoms with Crippen molar-refractivity contribution in [2.45, 2.75) is 33.2 Å². The number of carbonyl (C=O) groups is 2. The van der Waals surface area contributed by atoms with Crippen LogP contribution in [0.1, 0.15) is 25.8 Å². The van der Waals surface area contributed by atoms with Crippen LogP contribution in [0, 0.1) is 12.8 Å². The number of rotatable bonds is 9. The Morgan fingerprint density at radius 3 is 2.25 bits per heavy atom. The molecule has 4 N–H and O–H groups in total. The molecule has 5 nitrogen and oxygen atoms in total. The van der Waals surface area contributed by atoms with Crippen LogP contribution >= 0.6 is 24.2 Å². The van der Waals surface area contributed by atoms with E-state index in [0.29, 0.717) is 12.5 Å². The molecule has 0 spiro atoms. The third-order valence-electron chi connectivity index (χ3n) is 3.21. The second-order valence-corrected chi connectivity index (χ2v) is 7.02. The van der Waals surface area contributed by atoms with Gasteiger partial charge in [0, 0.05) is 18.3 Å². The Kier molecular flexibility index (Phi) is 11.5. The Labute approximate surface area is 154 Å². The topological polar surface area (TPSA) is 84.2 Å². The van der Waals surface area contributed by atoms with Gasteiger partial charge < -0.3 is 16.4 Å². The van der Waals surface area contributed by atoms with E-state index in [9.17, 15) is 9.59 Å². The van der Waals surface area contributed by atoms with E-state index < -0.39 is 0 Å². The molecule has 1 atom stereocenters. The Balaban J connectivity index is 0.00000529. The lowest BCUT2D eigenvalue weighted by Gasteiger charge is -2.18. The van der Waals surface area contributed by atoms with Gasteiger partial charge in [-0.3, -0.25) is 9.59 Å². The zero-order valence-corrected chi connectivity index (χ0v) is 16.1. The maximum Gasteiger partial charge on any atom is 0.234 e. The van der Waals surface area contributed by atoms with E-state index in [0.717, 1.165) is 17.7 Å². The van der Waals surface area contributed by atoms with Crippen LogP contribution in [0.2, 0.25) is 0 Å². The maximum absolute atomic E-state index is 11.9. The lowest BCUT2D eigenvalue weighted by atomic mass is 10.0. The standard InChI is InChI=1S/C17H27N3O2S.ClH/c1-12(2)8-15(9-18)20-17(22)11-23-10-16(21)19-14-6-4-13(3)5-7-14;/h4-7,12,15H,8-11,18H2,1-3H3,(H,19,21)(H,20,22);1H. The van der Waals surface area contributed by atoms with E-state index in [1.807, 2.05) is 31.2 Å². The van der Waals surface area contributed by atoms with Gasteiger partial charge in [-0.25, -0.2) is 0 Å². The SMILES string of the molecule is Cc1ccc(NC(=O)CSCC(=O)NC(CN)CC(C)C)cc1.Cl. The van der Waals surface area contributed by atoms with Gasteiger partial charge in [-0.1, -0.05) is 31.5 Å². The molecule has 0 saturated heterocycles. The summed E-state index contributed by atoms with van der Waals surface area (Å²) in [6, 6.07) is 7.62. The number of aryl methyl sites for hydroxylation is 1. The van der Waals surface area contributed by atoms with Crippen molar-refractivity contribution in [3.63, 3.8) is 0 Å². The first kappa shape index (κ1) is 22.8. The third-order valence-corrected chi connectivity index (χ3v) is 4.14. The van der Waals surface area contributed by atoms with Crippen molar-refractivity contribution in [1.29, 1.82) is 0 Å². The zero-order chi connectivity index (χ0) is 17.2. The first-order chi connectivity index (χ1) is 10.9. The summed E-state index contributed by atoms with van der Waals surface area (Å²) in [5.41, 5.74) is 7.57. The van der Waals surface area contributed by atoms with Gasteiger partial charge in [0.05, 0.1) is 11.5 Å². The van der Waals surface area contributed by atoms with Crippen LogP contribution in [0.25, 0.3) is 0 Å². The smallest absolute Gasteiger partial charge is 0.234 e. The molecular formula is C17H28ClN3O2S. The van der Waals surface area contributed by atoms with E-state index in [-0.39, 0.29) is 41.8 Å². The molecule has 0 aliphatic rings. The van der Waals surface area contributed by atoms with E-state index >= 15 is 0 Å². The average Bonchev–Trinajstić information content (AvgIpc) is 2.48. The Morgan fingerprint density at radius 2 is 1.71 bits per heavy atom. The number of benzene rings is 1. The fourth-order valence-electron chi connectivity index (χ4n) is 2.12. The molecule has 1 aromatic carbocycles. The van der Waals surface area contributed by atoms with Crippen molar-refractivity contribution in [2.24, 2.45) is 11.7 Å². The summed E-state index contributed by atoms with van der Waals surface area (Å²) in [5.74, 6) is 0.810. The molecule has 1 aromatic rings. The number of halogens is 1. The minimum atomic E-state index is -0.107. The summed E-state index contributed by atoms with van der Waals surface area (Å²) in [5, 5.41) is 5.72. The lowest BCUT2D eigenvalue weighted by molar-refractivity contribution is -0.119. The summed E-state index contributed by atoms with van der Waals surface area (Å²) < 4.78 is 0. The van der Waals surface area contributed by atoms with Crippen molar-refractivity contribution in [3.8, 4) is 0 Å². The van der Waals surface area contributed by atoms with Gasteiger partial charge in [0.15, 0.2) is 0 Å². The molecule has 7 heteroatoms. The molecule has 2 amide bonds. The van der Waals surface area contributed by atoms with Crippen molar-refractivity contribution in [2.75, 3.05) is 23.4 Å². The summed E-state index contributed by atoms with van der Waals surface area (Å²) in [7, 11) is 0. The van der Waals surface area contributed by atoms with Gasteiger partial charge >= 0.3 is 0 Å². The second-order valence-electron chi connectivity index (χ2n) is 6.04. The first-order valence-corrected chi connectivity index (χ1v) is 9.00. The minimum absolute atomic E-state index is 0. The molecule has 0 heterocycles. The highest BCUT2D eigenvalue weighted by atomic mass is 35.5. The van der Waals surface area contributed by atoms with Gasteiger partial charge in [0.25, 0.3) is 0 Å². The van der Waals surface area contributed by atoms with Gasteiger partial charge in [-0.2, -0.15) is 0 Å². The van der Waals surface area contributed by atoms with Crippen molar-refractivity contribution in [1.82, 2.24) is 5.32 Å². The molecule has 0 aliphatic heterocycles. The molecule has 0 fully saturated rings. The highest BCUT2D eigenvalue weighted by Gasteiger charge is 2.13. The molecule has 136 valence electrons. The first-order valence-electron chi connectivity index (χ1n) is 7.84. The number of amides is 2. The molecule has 0 aromatic heterocycles. The number of nitrogens with two attached hydrogens (primary N) is 1. The van der Waals surface area contributed by atoms with Crippen molar-refractivity contribution in [3.05, 3.63) is 29.8 Å². The van der Waals surface area contributed by atoms with E-state index in [2.05, 4.69) is 24.5 Å². The molecule has 0 aliphatic carbocycles. The van der Waals surface area contributed by atoms with Gasteiger partial charge in [-0.15, -0.1) is 24.2 Å². The fraction of sp³-hybridized carbons (Fsp3) is 0.529. The zero-order valence-electron chi connectivity index (χ0n) is 14.5. The quantitative estimate of drug-likeness (QED) is 0.621. The van der Waals surface area contributed by atoms with Gasteiger partial charge in [0.2, 0.25) is 11.8 Å². The molecule has 0 saturated carbocycles. The summed E-state index contributed by atoms with van der Waals surface area (Å²) in [6.45, 7) is 6.62. The van der Waals surface area contributed by atoms with Crippen molar-refractivity contribution >= 4 is 41.7 Å². The Bertz CT molecular complexity index is 509. The van der Waals surface area contributed by atoms with Crippen LogP contribution < -0.4 is 16.4 Å². The molecular weight excluding hydrogens is 346 g/mol. The predicted octanol–water partition coefficient (Wildman–Crippen LogP) is 2.58. The molecule has 24 heavy (non-hydrogen) atoms. The van der Waals surface area contributed by atoms with Crippen LogP contribution in [-0.2, 0) is 9.59 Å². The van der Waals surface area contributed by atoms with Crippen LogP contribution in [0.4, 0.5) is 5.69 Å². The van der Waals surface area contributed by atoms with Crippen LogP contribution in [0.5, 0.6) is 0 Å². The number of hydrogen-bond donors (Lipinski definition) is 3. The Morgan fingerprint density at radius 1 is 1.12 bits per heavy atom. The molecule has 0 radical (unpaired) electrons. The third kappa shape index (κ3) is 9.80. The normalized spacial score (nSPS) is 11.5. The molecule has 1 rings (SSSR count). The number of hydrogen-bond acceptors (Lipinski definition) is 4. The summed E-state index contributed by atoms with van der Waals surface area (Å²) >= 11 is 1.30. The Hall–Kier alpha value is -1.24. The lowest BCUT2D eigenvalue weighted by Crippen LogP contribution is -2.42. The van der Waals surface area contributed by atoms with E-state index in [1.54, 1.807) is 0 Å². The van der Waals surface area contributed by atoms with Crippen LogP contribution in [-0.4, -0.2) is 35.9 Å². The molecule has 1 unspecified atom stereocenters. The molecule has 0 bridgehead atoms. The predicted molar refractivity (Wildman–Crippen MR) is 105 cm³/mol. The van der Waals surface area contributed by atoms with Crippen LogP contribution in [0.3, 0.4) is 0 Å². The maximum atomic E-state index is 11.9. The highest BCUT2D eigenvalue weighted by molar-refractivity contribution is 8.00. The van der Waals surface area contributed by atoms with E-state index in [4.69, 9.17) is 5.73 Å². The van der Waals surface area contributed by atoms with Gasteiger partial charge in [0.1, 0.15) is 0 Å². The summed E-state index contributed by atoms with van der Waals surface area (Å²) in [4.78, 5) is 23.7. The number of anilines is 1. The summed E-state index contributed by atoms with van der Waals surface area (Å²) in [6.07, 6.45) is 0.862. The van der Waals surface area contributed by atoms with Gasteiger partial charge in [-0.05, 0) is 31.4 Å². The monoisotopic (exact) mass is 373 g/mol. The number of carbonyl (C=O) groups excluding carboxylic acids is 2. The largest absolute Gasteiger partial charge is 0.351 e. The minimum Gasteiger partial charge on any atom is -0.351 e. The second kappa shape index (κ2) is 12.2. The average molecular weight is 374 g/mol. The number of thioether (sulfide) groups is 1. The van der Waals surface area contributed by atoms with Crippen molar-refractivity contribution < 1.29 is 9.59 Å².